The lowest BCUT2D eigenvalue weighted by Crippen LogP contribution is -2.17. The van der Waals surface area contributed by atoms with E-state index in [0.29, 0.717) is 40.8 Å². The SMILES string of the molecule is CCOC(=O)C1CCc2sc(NC(=O)c3cc(-c4ccc(F)cc4)nn3C)nc21. The number of carbonyl (C=O) groups is 2. The summed E-state index contributed by atoms with van der Waals surface area (Å²) >= 11 is 1.37. The van der Waals surface area contributed by atoms with E-state index in [2.05, 4.69) is 15.4 Å². The highest BCUT2D eigenvalue weighted by Gasteiger charge is 2.34. The van der Waals surface area contributed by atoms with Crippen LogP contribution in [0.15, 0.2) is 30.3 Å². The van der Waals surface area contributed by atoms with E-state index < -0.39 is 0 Å². The second-order valence-electron chi connectivity index (χ2n) is 6.67. The number of nitrogens with one attached hydrogen (secondary N) is 1. The van der Waals surface area contributed by atoms with Crippen molar-refractivity contribution in [2.24, 2.45) is 7.05 Å². The lowest BCUT2D eigenvalue weighted by molar-refractivity contribution is -0.145. The van der Waals surface area contributed by atoms with Crippen molar-refractivity contribution in [1.29, 1.82) is 0 Å². The minimum atomic E-state index is -0.367. The third-order valence-electron chi connectivity index (χ3n) is 4.76. The van der Waals surface area contributed by atoms with Gasteiger partial charge in [0, 0.05) is 17.5 Å². The Morgan fingerprint density at radius 2 is 2.10 bits per heavy atom. The van der Waals surface area contributed by atoms with E-state index in [4.69, 9.17) is 4.74 Å². The van der Waals surface area contributed by atoms with Crippen LogP contribution in [0.3, 0.4) is 0 Å². The van der Waals surface area contributed by atoms with Crippen molar-refractivity contribution in [3.05, 3.63) is 52.4 Å². The summed E-state index contributed by atoms with van der Waals surface area (Å²) in [6, 6.07) is 7.56. The van der Waals surface area contributed by atoms with Crippen LogP contribution in [0.1, 0.15) is 40.3 Å². The molecule has 1 aromatic carbocycles. The van der Waals surface area contributed by atoms with Crippen LogP contribution in [-0.4, -0.2) is 33.2 Å². The minimum Gasteiger partial charge on any atom is -0.465 e. The largest absolute Gasteiger partial charge is 0.465 e. The Morgan fingerprint density at radius 3 is 2.83 bits per heavy atom. The zero-order chi connectivity index (χ0) is 20.5. The van der Waals surface area contributed by atoms with Gasteiger partial charge in [-0.3, -0.25) is 19.6 Å². The zero-order valence-corrected chi connectivity index (χ0v) is 16.8. The second kappa shape index (κ2) is 7.75. The van der Waals surface area contributed by atoms with Gasteiger partial charge in [-0.05, 0) is 50.1 Å². The number of hydrogen-bond acceptors (Lipinski definition) is 6. The fraction of sp³-hybridized carbons (Fsp3) is 0.300. The first-order valence-electron chi connectivity index (χ1n) is 9.23. The number of rotatable bonds is 5. The van der Waals surface area contributed by atoms with Gasteiger partial charge in [0.25, 0.3) is 5.91 Å². The Morgan fingerprint density at radius 1 is 1.34 bits per heavy atom. The van der Waals surface area contributed by atoms with Gasteiger partial charge >= 0.3 is 5.97 Å². The second-order valence-corrected chi connectivity index (χ2v) is 7.75. The lowest BCUT2D eigenvalue weighted by atomic mass is 10.1. The standard InChI is InChI=1S/C20H19FN4O3S/c1-3-28-19(27)13-8-9-16-17(13)22-20(29-16)23-18(26)15-10-14(24-25(15)2)11-4-6-12(21)7-5-11/h4-7,10,13H,3,8-9H2,1-2H3,(H,22,23,26). The van der Waals surface area contributed by atoms with E-state index in [1.807, 2.05) is 0 Å². The number of esters is 1. The van der Waals surface area contributed by atoms with Gasteiger partial charge in [-0.25, -0.2) is 9.37 Å². The van der Waals surface area contributed by atoms with Crippen molar-refractivity contribution >= 4 is 28.3 Å². The summed E-state index contributed by atoms with van der Waals surface area (Å²) in [6.45, 7) is 2.10. The molecule has 0 saturated heterocycles. The average Bonchev–Trinajstić information content (AvgIpc) is 3.36. The molecule has 0 fully saturated rings. The molecule has 0 bridgehead atoms. The average molecular weight is 414 g/mol. The number of aryl methyl sites for hydroxylation is 2. The van der Waals surface area contributed by atoms with Crippen LogP contribution in [0.25, 0.3) is 11.3 Å². The maximum atomic E-state index is 13.1. The molecule has 1 N–H and O–H groups in total. The molecule has 1 aliphatic carbocycles. The first-order chi connectivity index (χ1) is 14.0. The molecule has 0 spiro atoms. The number of thiazole rings is 1. The Balaban J connectivity index is 1.52. The predicted molar refractivity (Wildman–Crippen MR) is 106 cm³/mol. The van der Waals surface area contributed by atoms with Gasteiger partial charge < -0.3 is 4.74 Å². The van der Waals surface area contributed by atoms with E-state index in [1.54, 1.807) is 32.2 Å². The summed E-state index contributed by atoms with van der Waals surface area (Å²) < 4.78 is 19.7. The molecule has 29 heavy (non-hydrogen) atoms. The molecular formula is C20H19FN4O3S. The van der Waals surface area contributed by atoms with Crippen LogP contribution in [-0.2, 0) is 23.0 Å². The van der Waals surface area contributed by atoms with E-state index in [1.165, 1.54) is 28.2 Å². The molecule has 0 radical (unpaired) electrons. The van der Waals surface area contributed by atoms with Gasteiger partial charge in [0.15, 0.2) is 5.13 Å². The monoisotopic (exact) mass is 414 g/mol. The minimum absolute atomic E-state index is 0.273. The number of hydrogen-bond donors (Lipinski definition) is 1. The number of halogens is 1. The van der Waals surface area contributed by atoms with Crippen LogP contribution in [0.4, 0.5) is 9.52 Å². The molecule has 2 aromatic heterocycles. The van der Waals surface area contributed by atoms with Crippen LogP contribution >= 0.6 is 11.3 Å². The molecule has 0 saturated carbocycles. The van der Waals surface area contributed by atoms with Gasteiger partial charge in [0.1, 0.15) is 17.4 Å². The predicted octanol–water partition coefficient (Wildman–Crippen LogP) is 3.53. The molecule has 1 unspecified atom stereocenters. The summed E-state index contributed by atoms with van der Waals surface area (Å²) in [6.07, 6.45) is 1.43. The molecule has 0 aliphatic heterocycles. The topological polar surface area (TPSA) is 86.1 Å². The van der Waals surface area contributed by atoms with E-state index in [-0.39, 0.29) is 23.6 Å². The van der Waals surface area contributed by atoms with Crippen LogP contribution in [0.5, 0.6) is 0 Å². The quantitative estimate of drug-likeness (QED) is 0.646. The molecule has 4 rings (SSSR count). The van der Waals surface area contributed by atoms with Crippen LogP contribution < -0.4 is 5.32 Å². The third kappa shape index (κ3) is 3.77. The lowest BCUT2D eigenvalue weighted by Gasteiger charge is -2.08. The first kappa shape index (κ1) is 19.3. The number of nitrogens with zero attached hydrogens (tertiary/aromatic N) is 3. The number of carbonyl (C=O) groups excluding carboxylic acids is 2. The van der Waals surface area contributed by atoms with Gasteiger partial charge in [-0.1, -0.05) is 0 Å². The maximum absolute atomic E-state index is 13.1. The molecule has 1 aliphatic rings. The third-order valence-corrected chi connectivity index (χ3v) is 5.81. The first-order valence-corrected chi connectivity index (χ1v) is 10.1. The number of amides is 1. The molecule has 3 aromatic rings. The summed E-state index contributed by atoms with van der Waals surface area (Å²) in [5, 5.41) is 7.57. The van der Waals surface area contributed by atoms with E-state index >= 15 is 0 Å². The number of fused-ring (bicyclic) bond motifs is 1. The summed E-state index contributed by atoms with van der Waals surface area (Å²) in [5.41, 5.74) is 2.33. The molecule has 1 atom stereocenters. The normalized spacial score (nSPS) is 15.2. The summed E-state index contributed by atoms with van der Waals surface area (Å²) in [5.74, 6) is -1.33. The van der Waals surface area contributed by atoms with E-state index in [9.17, 15) is 14.0 Å². The van der Waals surface area contributed by atoms with E-state index in [0.717, 1.165) is 11.3 Å². The van der Waals surface area contributed by atoms with Gasteiger partial charge in [-0.15, -0.1) is 11.3 Å². The van der Waals surface area contributed by atoms with Crippen molar-refractivity contribution in [2.75, 3.05) is 11.9 Å². The van der Waals surface area contributed by atoms with Gasteiger partial charge in [-0.2, -0.15) is 5.10 Å². The molecule has 150 valence electrons. The Hall–Kier alpha value is -3.07. The highest BCUT2D eigenvalue weighted by atomic mass is 32.1. The molecule has 9 heteroatoms. The molecular weight excluding hydrogens is 395 g/mol. The number of benzene rings is 1. The maximum Gasteiger partial charge on any atom is 0.315 e. The van der Waals surface area contributed by atoms with Crippen molar-refractivity contribution in [1.82, 2.24) is 14.8 Å². The van der Waals surface area contributed by atoms with Gasteiger partial charge in [0.05, 0.1) is 18.0 Å². The van der Waals surface area contributed by atoms with Crippen molar-refractivity contribution in [3.8, 4) is 11.3 Å². The fourth-order valence-electron chi connectivity index (χ4n) is 3.36. The Labute approximate surface area is 170 Å². The number of aromatic nitrogens is 3. The van der Waals surface area contributed by atoms with Crippen LogP contribution in [0, 0.1) is 5.82 Å². The summed E-state index contributed by atoms with van der Waals surface area (Å²) in [7, 11) is 1.67. The number of ether oxygens (including phenoxy) is 1. The van der Waals surface area contributed by atoms with Crippen molar-refractivity contribution < 1.29 is 18.7 Å². The Kier molecular flexibility index (Phi) is 5.14. The zero-order valence-electron chi connectivity index (χ0n) is 15.9. The highest BCUT2D eigenvalue weighted by molar-refractivity contribution is 7.16. The summed E-state index contributed by atoms with van der Waals surface area (Å²) in [4.78, 5) is 30.3. The number of anilines is 1. The smallest absolute Gasteiger partial charge is 0.315 e. The van der Waals surface area contributed by atoms with Crippen LogP contribution in [0.2, 0.25) is 0 Å². The highest BCUT2D eigenvalue weighted by Crippen LogP contribution is 2.39. The molecule has 1 amide bonds. The van der Waals surface area contributed by atoms with Crippen molar-refractivity contribution in [2.45, 2.75) is 25.7 Å². The van der Waals surface area contributed by atoms with Gasteiger partial charge in [0.2, 0.25) is 0 Å². The Bertz CT molecular complexity index is 1070. The molecule has 7 nitrogen and oxygen atoms in total. The van der Waals surface area contributed by atoms with Crippen molar-refractivity contribution in [3.63, 3.8) is 0 Å². The molecule has 2 heterocycles. The fourth-order valence-corrected chi connectivity index (χ4v) is 4.39.